The number of aryl methyl sites for hydroxylation is 2. The fourth-order valence-corrected chi connectivity index (χ4v) is 3.24. The van der Waals surface area contributed by atoms with Gasteiger partial charge in [-0.2, -0.15) is 0 Å². The SMILES string of the molecule is C[C@@H](NCc1ccc2c(c1)CCC2)c1ccccc1Cl. The van der Waals surface area contributed by atoms with E-state index >= 15 is 0 Å². The summed E-state index contributed by atoms with van der Waals surface area (Å²) in [6.45, 7) is 3.05. The van der Waals surface area contributed by atoms with Crippen LogP contribution in [0.2, 0.25) is 5.02 Å². The minimum atomic E-state index is 0.261. The van der Waals surface area contributed by atoms with Gasteiger partial charge in [0.1, 0.15) is 0 Å². The molecule has 1 aliphatic carbocycles. The highest BCUT2D eigenvalue weighted by molar-refractivity contribution is 6.31. The van der Waals surface area contributed by atoms with Gasteiger partial charge in [-0.1, -0.05) is 48.0 Å². The Morgan fingerprint density at radius 2 is 1.90 bits per heavy atom. The normalized spacial score (nSPS) is 15.1. The van der Waals surface area contributed by atoms with E-state index in [-0.39, 0.29) is 6.04 Å². The molecule has 0 saturated heterocycles. The first-order valence-electron chi connectivity index (χ1n) is 7.32. The molecule has 0 spiro atoms. The molecule has 2 aromatic rings. The lowest BCUT2D eigenvalue weighted by molar-refractivity contribution is 0.574. The minimum absolute atomic E-state index is 0.261. The molecule has 3 rings (SSSR count). The smallest absolute Gasteiger partial charge is 0.0453 e. The summed E-state index contributed by atoms with van der Waals surface area (Å²) in [7, 11) is 0. The molecule has 1 aliphatic rings. The maximum absolute atomic E-state index is 6.24. The van der Waals surface area contributed by atoms with Crippen molar-refractivity contribution >= 4 is 11.6 Å². The maximum Gasteiger partial charge on any atom is 0.0453 e. The first kappa shape index (κ1) is 13.7. The summed E-state index contributed by atoms with van der Waals surface area (Å²) < 4.78 is 0. The molecule has 2 aromatic carbocycles. The number of nitrogens with one attached hydrogen (secondary N) is 1. The summed E-state index contributed by atoms with van der Waals surface area (Å²) in [6.07, 6.45) is 3.80. The monoisotopic (exact) mass is 285 g/mol. The van der Waals surface area contributed by atoms with Crippen LogP contribution in [0.5, 0.6) is 0 Å². The van der Waals surface area contributed by atoms with Crippen molar-refractivity contribution in [3.8, 4) is 0 Å². The van der Waals surface area contributed by atoms with Crippen LogP contribution in [-0.2, 0) is 19.4 Å². The number of hydrogen-bond donors (Lipinski definition) is 1. The van der Waals surface area contributed by atoms with Gasteiger partial charge in [0.15, 0.2) is 0 Å². The van der Waals surface area contributed by atoms with Crippen LogP contribution < -0.4 is 5.32 Å². The molecule has 0 saturated carbocycles. The van der Waals surface area contributed by atoms with Crippen molar-refractivity contribution in [1.82, 2.24) is 5.32 Å². The molecule has 0 unspecified atom stereocenters. The van der Waals surface area contributed by atoms with Gasteiger partial charge >= 0.3 is 0 Å². The molecule has 1 atom stereocenters. The molecule has 0 amide bonds. The predicted octanol–water partition coefficient (Wildman–Crippen LogP) is 4.68. The third-order valence-electron chi connectivity index (χ3n) is 4.15. The van der Waals surface area contributed by atoms with Gasteiger partial charge in [0, 0.05) is 17.6 Å². The van der Waals surface area contributed by atoms with E-state index in [1.165, 1.54) is 36.0 Å². The van der Waals surface area contributed by atoms with Crippen molar-refractivity contribution in [3.05, 3.63) is 69.7 Å². The predicted molar refractivity (Wildman–Crippen MR) is 85.2 cm³/mol. The van der Waals surface area contributed by atoms with Crippen molar-refractivity contribution in [1.29, 1.82) is 0 Å². The molecular formula is C18H20ClN. The summed E-state index contributed by atoms with van der Waals surface area (Å²) in [5, 5.41) is 4.40. The molecule has 0 fully saturated rings. The van der Waals surface area contributed by atoms with E-state index in [1.807, 2.05) is 18.2 Å². The van der Waals surface area contributed by atoms with E-state index in [1.54, 1.807) is 0 Å². The lowest BCUT2D eigenvalue weighted by Crippen LogP contribution is -2.18. The summed E-state index contributed by atoms with van der Waals surface area (Å²) in [5.74, 6) is 0. The van der Waals surface area contributed by atoms with E-state index in [2.05, 4.69) is 36.5 Å². The Morgan fingerprint density at radius 3 is 2.75 bits per heavy atom. The molecule has 0 bridgehead atoms. The molecule has 0 aromatic heterocycles. The van der Waals surface area contributed by atoms with Crippen molar-refractivity contribution in [2.75, 3.05) is 0 Å². The summed E-state index contributed by atoms with van der Waals surface area (Å²) in [4.78, 5) is 0. The number of fused-ring (bicyclic) bond motifs is 1. The van der Waals surface area contributed by atoms with Gasteiger partial charge in [0.25, 0.3) is 0 Å². The lowest BCUT2D eigenvalue weighted by Gasteiger charge is -2.16. The zero-order valence-electron chi connectivity index (χ0n) is 11.8. The van der Waals surface area contributed by atoms with Crippen LogP contribution in [0.15, 0.2) is 42.5 Å². The summed E-state index contributed by atoms with van der Waals surface area (Å²) in [6, 6.07) is 15.2. The second-order valence-corrected chi connectivity index (χ2v) is 5.99. The van der Waals surface area contributed by atoms with Crippen molar-refractivity contribution < 1.29 is 0 Å². The molecule has 20 heavy (non-hydrogen) atoms. The van der Waals surface area contributed by atoms with Gasteiger partial charge in [0.2, 0.25) is 0 Å². The maximum atomic E-state index is 6.24. The standard InChI is InChI=1S/C18H20ClN/c1-13(17-7-2-3-8-18(17)19)20-12-14-9-10-15-5-4-6-16(15)11-14/h2-3,7-11,13,20H,4-6,12H2,1H3/t13-/m1/s1. The van der Waals surface area contributed by atoms with Crippen LogP contribution in [0.4, 0.5) is 0 Å². The number of halogens is 1. The van der Waals surface area contributed by atoms with Gasteiger partial charge in [-0.25, -0.2) is 0 Å². The minimum Gasteiger partial charge on any atom is -0.306 e. The van der Waals surface area contributed by atoms with Crippen molar-refractivity contribution in [2.45, 2.75) is 38.8 Å². The van der Waals surface area contributed by atoms with E-state index in [0.717, 1.165) is 17.1 Å². The molecule has 104 valence electrons. The second-order valence-electron chi connectivity index (χ2n) is 5.58. The van der Waals surface area contributed by atoms with Crippen LogP contribution in [0, 0.1) is 0 Å². The Kier molecular flexibility index (Phi) is 4.09. The second kappa shape index (κ2) is 5.99. The van der Waals surface area contributed by atoms with E-state index in [9.17, 15) is 0 Å². The fraction of sp³-hybridized carbons (Fsp3) is 0.333. The Bertz CT molecular complexity index is 606. The van der Waals surface area contributed by atoms with Gasteiger partial charge in [0.05, 0.1) is 0 Å². The first-order valence-corrected chi connectivity index (χ1v) is 7.70. The fourth-order valence-electron chi connectivity index (χ4n) is 2.94. The molecule has 2 heteroatoms. The van der Waals surface area contributed by atoms with Crippen molar-refractivity contribution in [2.24, 2.45) is 0 Å². The Morgan fingerprint density at radius 1 is 1.10 bits per heavy atom. The van der Waals surface area contributed by atoms with Gasteiger partial charge in [-0.15, -0.1) is 0 Å². The summed E-state index contributed by atoms with van der Waals surface area (Å²) >= 11 is 6.24. The third-order valence-corrected chi connectivity index (χ3v) is 4.49. The van der Waals surface area contributed by atoms with Gasteiger partial charge < -0.3 is 5.32 Å². The van der Waals surface area contributed by atoms with Crippen LogP contribution in [0.3, 0.4) is 0 Å². The molecular weight excluding hydrogens is 266 g/mol. The molecule has 0 heterocycles. The molecule has 1 N–H and O–H groups in total. The zero-order chi connectivity index (χ0) is 13.9. The first-order chi connectivity index (χ1) is 9.74. The largest absolute Gasteiger partial charge is 0.306 e. The zero-order valence-corrected chi connectivity index (χ0v) is 12.6. The number of benzene rings is 2. The number of rotatable bonds is 4. The van der Waals surface area contributed by atoms with Crippen LogP contribution >= 0.6 is 11.6 Å². The van der Waals surface area contributed by atoms with Crippen LogP contribution in [0.25, 0.3) is 0 Å². The third kappa shape index (κ3) is 2.89. The highest BCUT2D eigenvalue weighted by atomic mass is 35.5. The van der Waals surface area contributed by atoms with Gasteiger partial charge in [-0.3, -0.25) is 0 Å². The average molecular weight is 286 g/mol. The Labute approximate surface area is 126 Å². The molecule has 0 aliphatic heterocycles. The topological polar surface area (TPSA) is 12.0 Å². The molecule has 1 nitrogen and oxygen atoms in total. The van der Waals surface area contributed by atoms with Crippen LogP contribution in [-0.4, -0.2) is 0 Å². The quantitative estimate of drug-likeness (QED) is 0.860. The van der Waals surface area contributed by atoms with E-state index in [0.29, 0.717) is 0 Å². The highest BCUT2D eigenvalue weighted by Gasteiger charge is 2.12. The number of hydrogen-bond acceptors (Lipinski definition) is 1. The van der Waals surface area contributed by atoms with Crippen molar-refractivity contribution in [3.63, 3.8) is 0 Å². The Hall–Kier alpha value is -1.31. The van der Waals surface area contributed by atoms with Crippen LogP contribution in [0.1, 0.15) is 41.6 Å². The summed E-state index contributed by atoms with van der Waals surface area (Å²) in [5.41, 5.74) is 5.60. The van der Waals surface area contributed by atoms with E-state index < -0.39 is 0 Å². The highest BCUT2D eigenvalue weighted by Crippen LogP contribution is 2.24. The average Bonchev–Trinajstić information content (AvgIpc) is 2.92. The molecule has 0 radical (unpaired) electrons. The van der Waals surface area contributed by atoms with Gasteiger partial charge in [-0.05, 0) is 54.5 Å². The lowest BCUT2D eigenvalue weighted by atomic mass is 10.1. The Balaban J connectivity index is 1.66. The van der Waals surface area contributed by atoms with E-state index in [4.69, 9.17) is 11.6 Å².